The van der Waals surface area contributed by atoms with Crippen LogP contribution in [0.5, 0.6) is 5.75 Å². The lowest BCUT2D eigenvalue weighted by Gasteiger charge is -2.15. The lowest BCUT2D eigenvalue weighted by Crippen LogP contribution is -2.16. The van der Waals surface area contributed by atoms with Crippen LogP contribution in [0.15, 0.2) is 42.6 Å². The zero-order valence-electron chi connectivity index (χ0n) is 13.9. The van der Waals surface area contributed by atoms with Crippen molar-refractivity contribution in [2.24, 2.45) is 0 Å². The number of ether oxygens (including phenoxy) is 1. The number of methoxy groups -OCH3 is 1. The summed E-state index contributed by atoms with van der Waals surface area (Å²) in [7, 11) is 1.67. The van der Waals surface area contributed by atoms with Crippen molar-refractivity contribution in [2.75, 3.05) is 7.11 Å². The van der Waals surface area contributed by atoms with E-state index in [4.69, 9.17) is 4.74 Å². The van der Waals surface area contributed by atoms with Crippen molar-refractivity contribution in [1.29, 1.82) is 5.26 Å². The highest BCUT2D eigenvalue weighted by Crippen LogP contribution is 2.35. The molecule has 0 N–H and O–H groups in total. The first kappa shape index (κ1) is 16.8. The van der Waals surface area contributed by atoms with Gasteiger partial charge in [-0.1, -0.05) is 12.1 Å². The van der Waals surface area contributed by atoms with Crippen molar-refractivity contribution in [2.45, 2.75) is 25.8 Å². The SMILES string of the molecule is COc1ccc(Cn2c(I)c(C(C)(C)C#N)c3ncccc32)cc1. The molecule has 2 heterocycles. The lowest BCUT2D eigenvalue weighted by molar-refractivity contribution is 0.414. The maximum atomic E-state index is 9.58. The Hall–Kier alpha value is -2.07. The fraction of sp³-hybridized carbons (Fsp3) is 0.263. The fourth-order valence-electron chi connectivity index (χ4n) is 2.82. The van der Waals surface area contributed by atoms with Crippen molar-refractivity contribution < 1.29 is 4.74 Å². The molecule has 4 nitrogen and oxygen atoms in total. The molecule has 2 aromatic heterocycles. The number of pyridine rings is 1. The van der Waals surface area contributed by atoms with E-state index in [2.05, 4.69) is 56.4 Å². The van der Waals surface area contributed by atoms with Crippen molar-refractivity contribution in [1.82, 2.24) is 9.55 Å². The third kappa shape index (κ3) is 2.86. The van der Waals surface area contributed by atoms with Crippen molar-refractivity contribution in [3.8, 4) is 11.8 Å². The average Bonchev–Trinajstić information content (AvgIpc) is 2.88. The predicted molar refractivity (Wildman–Crippen MR) is 103 cm³/mol. The molecular formula is C19H18IN3O. The van der Waals surface area contributed by atoms with Crippen LogP contribution >= 0.6 is 22.6 Å². The van der Waals surface area contributed by atoms with E-state index in [1.165, 1.54) is 5.56 Å². The quantitative estimate of drug-likeness (QED) is 0.572. The normalized spacial score (nSPS) is 11.5. The zero-order chi connectivity index (χ0) is 17.3. The van der Waals surface area contributed by atoms with E-state index in [1.807, 2.05) is 32.0 Å². The summed E-state index contributed by atoms with van der Waals surface area (Å²) in [5.74, 6) is 0.846. The molecule has 0 spiro atoms. The molecule has 0 aliphatic heterocycles. The maximum absolute atomic E-state index is 9.58. The minimum atomic E-state index is -0.589. The van der Waals surface area contributed by atoms with Crippen molar-refractivity contribution in [3.63, 3.8) is 0 Å². The number of nitrogens with zero attached hydrogens (tertiary/aromatic N) is 3. The summed E-state index contributed by atoms with van der Waals surface area (Å²) in [6.45, 7) is 4.61. The predicted octanol–water partition coefficient (Wildman–Crippen LogP) is 4.50. The summed E-state index contributed by atoms with van der Waals surface area (Å²) in [5.41, 5.74) is 3.54. The molecule has 0 bridgehead atoms. The number of nitriles is 1. The Bertz CT molecular complexity index is 920. The highest BCUT2D eigenvalue weighted by atomic mass is 127. The Labute approximate surface area is 155 Å². The number of halogens is 1. The minimum Gasteiger partial charge on any atom is -0.497 e. The summed E-state index contributed by atoms with van der Waals surface area (Å²) in [6, 6.07) is 14.5. The molecule has 0 atom stereocenters. The van der Waals surface area contributed by atoms with Gasteiger partial charge in [-0.05, 0) is 66.3 Å². The van der Waals surface area contributed by atoms with Gasteiger partial charge in [0.05, 0.1) is 33.3 Å². The Morgan fingerprint density at radius 3 is 2.58 bits per heavy atom. The molecule has 0 unspecified atom stereocenters. The molecule has 1 aromatic carbocycles. The summed E-state index contributed by atoms with van der Waals surface area (Å²) in [4.78, 5) is 4.55. The van der Waals surface area contributed by atoms with Gasteiger partial charge in [0.25, 0.3) is 0 Å². The van der Waals surface area contributed by atoms with Crippen molar-refractivity contribution >= 4 is 33.6 Å². The van der Waals surface area contributed by atoms with Crippen LogP contribution in [0, 0.1) is 15.0 Å². The topological polar surface area (TPSA) is 50.8 Å². The van der Waals surface area contributed by atoms with Crippen LogP contribution in [0.3, 0.4) is 0 Å². The van der Waals surface area contributed by atoms with Gasteiger partial charge < -0.3 is 9.30 Å². The van der Waals surface area contributed by atoms with Gasteiger partial charge in [0.2, 0.25) is 0 Å². The van der Waals surface area contributed by atoms with Gasteiger partial charge in [-0.25, -0.2) is 0 Å². The Morgan fingerprint density at radius 2 is 1.96 bits per heavy atom. The van der Waals surface area contributed by atoms with E-state index in [1.54, 1.807) is 13.3 Å². The molecule has 5 heteroatoms. The smallest absolute Gasteiger partial charge is 0.118 e. The largest absolute Gasteiger partial charge is 0.497 e. The number of benzene rings is 1. The van der Waals surface area contributed by atoms with Crippen molar-refractivity contribution in [3.05, 3.63) is 57.4 Å². The third-order valence-electron chi connectivity index (χ3n) is 4.16. The molecule has 0 aliphatic carbocycles. The molecular weight excluding hydrogens is 413 g/mol. The zero-order valence-corrected chi connectivity index (χ0v) is 16.0. The van der Waals surface area contributed by atoms with Gasteiger partial charge in [-0.3, -0.25) is 4.98 Å². The number of hydrogen-bond donors (Lipinski definition) is 0. The Morgan fingerprint density at radius 1 is 1.25 bits per heavy atom. The van der Waals surface area contributed by atoms with Gasteiger partial charge in [0.1, 0.15) is 5.75 Å². The summed E-state index contributed by atoms with van der Waals surface area (Å²) >= 11 is 2.33. The number of aromatic nitrogens is 2. The standard InChI is InChI=1S/C19H18IN3O/c1-19(2,12-21)16-17-15(5-4-10-22-17)23(18(16)20)11-13-6-8-14(24-3)9-7-13/h4-10H,11H2,1-3H3. The summed E-state index contributed by atoms with van der Waals surface area (Å²) in [5, 5.41) is 9.58. The van der Waals surface area contributed by atoms with Crippen LogP contribution in [0.2, 0.25) is 0 Å². The van der Waals surface area contributed by atoms with Crippen LogP contribution in [-0.4, -0.2) is 16.7 Å². The Balaban J connectivity index is 2.14. The first-order chi connectivity index (χ1) is 11.5. The Kier molecular flexibility index (Phi) is 4.50. The van der Waals surface area contributed by atoms with Crippen LogP contribution in [-0.2, 0) is 12.0 Å². The number of hydrogen-bond acceptors (Lipinski definition) is 3. The van der Waals surface area contributed by atoms with Crippen LogP contribution in [0.1, 0.15) is 25.0 Å². The molecule has 0 aliphatic rings. The second-order valence-electron chi connectivity index (χ2n) is 6.21. The highest BCUT2D eigenvalue weighted by Gasteiger charge is 2.29. The molecule has 122 valence electrons. The molecule has 0 amide bonds. The van der Waals surface area contributed by atoms with E-state index in [0.29, 0.717) is 0 Å². The van der Waals surface area contributed by atoms with Gasteiger partial charge in [-0.15, -0.1) is 0 Å². The van der Waals surface area contributed by atoms with E-state index in [-0.39, 0.29) is 0 Å². The first-order valence-corrected chi connectivity index (χ1v) is 8.73. The monoisotopic (exact) mass is 431 g/mol. The van der Waals surface area contributed by atoms with Gasteiger partial charge in [0.15, 0.2) is 0 Å². The van der Waals surface area contributed by atoms with E-state index in [0.717, 1.165) is 32.6 Å². The second kappa shape index (κ2) is 6.44. The lowest BCUT2D eigenvalue weighted by atomic mass is 9.87. The average molecular weight is 431 g/mol. The van der Waals surface area contributed by atoms with Gasteiger partial charge >= 0.3 is 0 Å². The summed E-state index contributed by atoms with van der Waals surface area (Å²) in [6.07, 6.45) is 1.78. The van der Waals surface area contributed by atoms with Crippen LogP contribution in [0.25, 0.3) is 11.0 Å². The third-order valence-corrected chi connectivity index (χ3v) is 5.28. The van der Waals surface area contributed by atoms with Gasteiger partial charge in [0, 0.05) is 18.3 Å². The highest BCUT2D eigenvalue weighted by molar-refractivity contribution is 14.1. The summed E-state index contributed by atoms with van der Waals surface area (Å²) < 4.78 is 8.50. The number of fused-ring (bicyclic) bond motifs is 1. The minimum absolute atomic E-state index is 0.589. The maximum Gasteiger partial charge on any atom is 0.118 e. The molecule has 0 radical (unpaired) electrons. The molecule has 3 rings (SSSR count). The van der Waals surface area contributed by atoms with E-state index >= 15 is 0 Å². The van der Waals surface area contributed by atoms with Crippen LogP contribution in [0.4, 0.5) is 0 Å². The molecule has 0 fully saturated rings. The molecule has 0 saturated carbocycles. The van der Waals surface area contributed by atoms with Gasteiger partial charge in [-0.2, -0.15) is 5.26 Å². The van der Waals surface area contributed by atoms with E-state index < -0.39 is 5.41 Å². The fourth-order valence-corrected chi connectivity index (χ4v) is 4.18. The molecule has 3 aromatic rings. The molecule has 0 saturated heterocycles. The number of rotatable bonds is 4. The second-order valence-corrected chi connectivity index (χ2v) is 7.23. The first-order valence-electron chi connectivity index (χ1n) is 7.65. The van der Waals surface area contributed by atoms with E-state index in [9.17, 15) is 5.26 Å². The molecule has 24 heavy (non-hydrogen) atoms. The van der Waals surface area contributed by atoms with Crippen LogP contribution < -0.4 is 4.74 Å².